The minimum atomic E-state index is -3.61. The molecule has 6 nitrogen and oxygen atoms in total. The van der Waals surface area contributed by atoms with Crippen molar-refractivity contribution in [1.82, 2.24) is 4.90 Å². The van der Waals surface area contributed by atoms with Gasteiger partial charge in [-0.2, -0.15) is 8.42 Å². The molecular weight excluding hydrogens is 384 g/mol. The fourth-order valence-corrected chi connectivity index (χ4v) is 3.53. The zero-order valence-electron chi connectivity index (χ0n) is 16.1. The number of quaternary nitrogens is 1. The van der Waals surface area contributed by atoms with Gasteiger partial charge >= 0.3 is 10.1 Å². The van der Waals surface area contributed by atoms with E-state index in [-0.39, 0.29) is 11.7 Å². The highest BCUT2D eigenvalue weighted by Crippen LogP contribution is 2.19. The molecule has 148 valence electrons. The van der Waals surface area contributed by atoms with E-state index in [0.717, 1.165) is 12.1 Å². The van der Waals surface area contributed by atoms with Crippen LogP contribution in [-0.2, 0) is 16.7 Å². The van der Waals surface area contributed by atoms with Crippen molar-refractivity contribution in [2.75, 3.05) is 27.2 Å². The molecule has 0 aliphatic heterocycles. The van der Waals surface area contributed by atoms with Gasteiger partial charge in [0, 0.05) is 6.54 Å². The van der Waals surface area contributed by atoms with Crippen LogP contribution < -0.4 is 9.08 Å². The number of benzene rings is 1. The van der Waals surface area contributed by atoms with Crippen LogP contribution in [0.15, 0.2) is 41.8 Å². The van der Waals surface area contributed by atoms with E-state index in [0.29, 0.717) is 18.0 Å². The average molecular weight is 412 g/mol. The molecule has 0 spiro atoms. The summed E-state index contributed by atoms with van der Waals surface area (Å²) in [4.78, 5) is 16.6. The first-order chi connectivity index (χ1) is 12.7. The van der Waals surface area contributed by atoms with Crippen molar-refractivity contribution < 1.29 is 22.3 Å². The van der Waals surface area contributed by atoms with E-state index in [1.165, 1.54) is 16.2 Å². The van der Waals surface area contributed by atoms with Crippen molar-refractivity contribution in [2.24, 2.45) is 0 Å². The SMILES string of the molecule is CC(C)S(=O)(=O)Oc1ccc(CN(CC[NH+](C)C)C(=O)c2cccs2)cc1. The number of nitrogens with zero attached hydrogens (tertiary/aromatic N) is 1. The van der Waals surface area contributed by atoms with Gasteiger partial charge in [-0.3, -0.25) is 4.79 Å². The van der Waals surface area contributed by atoms with Crippen LogP contribution >= 0.6 is 11.3 Å². The summed E-state index contributed by atoms with van der Waals surface area (Å²) in [6, 6.07) is 10.5. The summed E-state index contributed by atoms with van der Waals surface area (Å²) in [6.45, 7) is 5.08. The largest absolute Gasteiger partial charge is 0.382 e. The number of carbonyl (C=O) groups is 1. The lowest BCUT2D eigenvalue weighted by atomic mass is 10.2. The monoisotopic (exact) mass is 411 g/mol. The summed E-state index contributed by atoms with van der Waals surface area (Å²) in [6.07, 6.45) is 0. The molecular formula is C19H27N2O4S2+. The second kappa shape index (κ2) is 9.34. The molecule has 0 aliphatic carbocycles. The standard InChI is InChI=1S/C19H26N2O4S2/c1-15(2)27(23,24)25-17-9-7-16(8-10-17)14-21(12-11-20(3)4)19(22)18-6-5-13-26-18/h5-10,13,15H,11-12,14H2,1-4H3/p+1. The maximum Gasteiger partial charge on any atom is 0.311 e. The van der Waals surface area contributed by atoms with E-state index in [1.54, 1.807) is 38.1 Å². The first kappa shape index (κ1) is 21.4. The molecule has 1 heterocycles. The Kier molecular flexibility index (Phi) is 7.41. The van der Waals surface area contributed by atoms with Gasteiger partial charge in [-0.05, 0) is 43.0 Å². The van der Waals surface area contributed by atoms with Crippen molar-refractivity contribution in [3.8, 4) is 5.75 Å². The van der Waals surface area contributed by atoms with Gasteiger partial charge in [0.1, 0.15) is 5.75 Å². The smallest absolute Gasteiger partial charge is 0.311 e. The first-order valence-corrected chi connectivity index (χ1v) is 11.2. The number of hydrogen-bond acceptors (Lipinski definition) is 5. The topological polar surface area (TPSA) is 68.1 Å². The third kappa shape index (κ3) is 6.34. The molecule has 0 saturated carbocycles. The van der Waals surface area contributed by atoms with Gasteiger partial charge in [0.15, 0.2) is 0 Å². The minimum absolute atomic E-state index is 0.00830. The molecule has 1 amide bonds. The predicted molar refractivity (Wildman–Crippen MR) is 108 cm³/mol. The summed E-state index contributed by atoms with van der Waals surface area (Å²) in [5.41, 5.74) is 0.919. The van der Waals surface area contributed by atoms with E-state index in [1.807, 2.05) is 22.4 Å². The molecule has 27 heavy (non-hydrogen) atoms. The Bertz CT molecular complexity index is 829. The number of carbonyl (C=O) groups excluding carboxylic acids is 1. The number of likely N-dealkylation sites (N-methyl/N-ethyl adjacent to an activating group) is 1. The molecule has 1 N–H and O–H groups in total. The van der Waals surface area contributed by atoms with Gasteiger partial charge in [-0.15, -0.1) is 11.3 Å². The zero-order chi connectivity index (χ0) is 20.0. The summed E-state index contributed by atoms with van der Waals surface area (Å²) in [5, 5.41) is 1.29. The molecule has 1 aromatic carbocycles. The van der Waals surface area contributed by atoms with Crippen LogP contribution in [-0.4, -0.2) is 51.7 Å². The third-order valence-corrected chi connectivity index (χ3v) is 6.42. The summed E-state index contributed by atoms with van der Waals surface area (Å²) < 4.78 is 28.8. The lowest BCUT2D eigenvalue weighted by Crippen LogP contribution is -3.06. The lowest BCUT2D eigenvalue weighted by Gasteiger charge is -2.23. The van der Waals surface area contributed by atoms with Gasteiger partial charge in [-0.25, -0.2) is 0 Å². The van der Waals surface area contributed by atoms with Gasteiger partial charge in [0.25, 0.3) is 5.91 Å². The van der Waals surface area contributed by atoms with E-state index in [2.05, 4.69) is 14.1 Å². The van der Waals surface area contributed by atoms with Crippen molar-refractivity contribution >= 4 is 27.4 Å². The van der Waals surface area contributed by atoms with Crippen molar-refractivity contribution in [3.63, 3.8) is 0 Å². The maximum atomic E-state index is 12.8. The first-order valence-electron chi connectivity index (χ1n) is 8.83. The van der Waals surface area contributed by atoms with Gasteiger partial charge in [0.2, 0.25) is 0 Å². The highest BCUT2D eigenvalue weighted by molar-refractivity contribution is 7.87. The molecule has 2 aromatic rings. The van der Waals surface area contributed by atoms with Crippen LogP contribution in [0.5, 0.6) is 5.75 Å². The lowest BCUT2D eigenvalue weighted by molar-refractivity contribution is -0.857. The van der Waals surface area contributed by atoms with Crippen LogP contribution in [0.3, 0.4) is 0 Å². The predicted octanol–water partition coefficient (Wildman–Crippen LogP) is 1.65. The van der Waals surface area contributed by atoms with Gasteiger partial charge < -0.3 is 14.0 Å². The summed E-state index contributed by atoms with van der Waals surface area (Å²) in [5.74, 6) is 0.287. The second-order valence-corrected chi connectivity index (χ2v) is 9.97. The van der Waals surface area contributed by atoms with Gasteiger partial charge in [-0.1, -0.05) is 18.2 Å². The number of rotatable bonds is 9. The van der Waals surface area contributed by atoms with Crippen LogP contribution in [0.25, 0.3) is 0 Å². The molecule has 1 aromatic heterocycles. The van der Waals surface area contributed by atoms with E-state index < -0.39 is 15.4 Å². The Labute approximate surface area is 165 Å². The van der Waals surface area contributed by atoms with Crippen LogP contribution in [0, 0.1) is 0 Å². The number of thiophene rings is 1. The molecule has 0 bridgehead atoms. The second-order valence-electron chi connectivity index (χ2n) is 6.93. The van der Waals surface area contributed by atoms with Crippen molar-refractivity contribution in [2.45, 2.75) is 25.6 Å². The normalized spacial score (nSPS) is 11.8. The Morgan fingerprint density at radius 2 is 1.85 bits per heavy atom. The van der Waals surface area contributed by atoms with Crippen LogP contribution in [0.1, 0.15) is 29.1 Å². The van der Waals surface area contributed by atoms with E-state index >= 15 is 0 Å². The highest BCUT2D eigenvalue weighted by Gasteiger charge is 2.20. The van der Waals surface area contributed by atoms with Crippen molar-refractivity contribution in [1.29, 1.82) is 0 Å². The Balaban J connectivity index is 2.11. The van der Waals surface area contributed by atoms with Crippen LogP contribution in [0.4, 0.5) is 0 Å². The summed E-state index contributed by atoms with van der Waals surface area (Å²) >= 11 is 1.43. The fourth-order valence-electron chi connectivity index (χ4n) is 2.27. The molecule has 2 rings (SSSR count). The number of amides is 1. The third-order valence-electron chi connectivity index (χ3n) is 3.99. The van der Waals surface area contributed by atoms with Gasteiger partial charge in [0.05, 0.1) is 37.3 Å². The fraction of sp³-hybridized carbons (Fsp3) is 0.421. The molecule has 0 atom stereocenters. The van der Waals surface area contributed by atoms with E-state index in [4.69, 9.17) is 4.18 Å². The van der Waals surface area contributed by atoms with Crippen LogP contribution in [0.2, 0.25) is 0 Å². The molecule has 0 fully saturated rings. The quantitative estimate of drug-likeness (QED) is 0.637. The molecule has 0 saturated heterocycles. The molecule has 0 aliphatic rings. The Hall–Kier alpha value is -1.90. The summed E-state index contributed by atoms with van der Waals surface area (Å²) in [7, 11) is 0.487. The average Bonchev–Trinajstić information content (AvgIpc) is 3.13. The molecule has 8 heteroatoms. The van der Waals surface area contributed by atoms with Crippen molar-refractivity contribution in [3.05, 3.63) is 52.2 Å². The minimum Gasteiger partial charge on any atom is -0.382 e. The zero-order valence-corrected chi connectivity index (χ0v) is 17.8. The molecule has 0 radical (unpaired) electrons. The maximum absolute atomic E-state index is 12.8. The Morgan fingerprint density at radius 1 is 1.19 bits per heavy atom. The molecule has 0 unspecified atom stereocenters. The van der Waals surface area contributed by atoms with E-state index in [9.17, 15) is 13.2 Å². The highest BCUT2D eigenvalue weighted by atomic mass is 32.2. The number of hydrogen-bond donors (Lipinski definition) is 1. The number of nitrogens with one attached hydrogen (secondary N) is 1. The Morgan fingerprint density at radius 3 is 2.37 bits per heavy atom.